The summed E-state index contributed by atoms with van der Waals surface area (Å²) in [6.45, 7) is 0. The fourth-order valence-electron chi connectivity index (χ4n) is 1.17. The van der Waals surface area contributed by atoms with Crippen LogP contribution in [0.5, 0.6) is 0 Å². The Morgan fingerprint density at radius 3 is 0.938 bits per heavy atom. The minimum atomic E-state index is 1.23. The van der Waals surface area contributed by atoms with Crippen LogP contribution in [0.3, 0.4) is 0 Å². The number of allylic oxidation sites excluding steroid dienone is 4. The van der Waals surface area contributed by atoms with Gasteiger partial charge in [0.05, 0.1) is 0 Å². The molecule has 0 saturated heterocycles. The molecule has 0 nitrogen and oxygen atoms in total. The molecule has 0 unspecified atom stereocenters. The maximum absolute atomic E-state index is 2.34. The van der Waals surface area contributed by atoms with Gasteiger partial charge in [0.15, 0.2) is 0 Å². The minimum absolute atomic E-state index is 1.23. The Balaban J connectivity index is 2.13. The summed E-state index contributed by atoms with van der Waals surface area (Å²) in [5.41, 5.74) is 0. The van der Waals surface area contributed by atoms with Gasteiger partial charge in [0.1, 0.15) is 0 Å². The van der Waals surface area contributed by atoms with Crippen molar-refractivity contribution < 1.29 is 0 Å². The van der Waals surface area contributed by atoms with Crippen LogP contribution in [-0.2, 0) is 0 Å². The molecular formula is C12H20S4. The quantitative estimate of drug-likeness (QED) is 0.431. The van der Waals surface area contributed by atoms with E-state index in [4.69, 9.17) is 0 Å². The molecule has 0 atom stereocenters. The zero-order valence-corrected chi connectivity index (χ0v) is 12.9. The molecule has 0 aromatic carbocycles. The van der Waals surface area contributed by atoms with Crippen LogP contribution < -0.4 is 0 Å². The molecule has 1 aliphatic heterocycles. The molecule has 0 aromatic heterocycles. The van der Waals surface area contributed by atoms with Crippen LogP contribution in [0.4, 0.5) is 0 Å². The van der Waals surface area contributed by atoms with E-state index in [1.165, 1.54) is 48.7 Å². The Hall–Kier alpha value is 0.880. The number of rotatable bonds is 0. The van der Waals surface area contributed by atoms with Crippen molar-refractivity contribution in [2.75, 3.05) is 23.0 Å². The molecule has 0 radical (unpaired) electrons. The highest BCUT2D eigenvalue weighted by atomic mass is 33.1. The molecule has 1 aliphatic rings. The summed E-state index contributed by atoms with van der Waals surface area (Å²) in [4.78, 5) is 0. The maximum atomic E-state index is 2.34. The van der Waals surface area contributed by atoms with Crippen LogP contribution in [0.1, 0.15) is 25.7 Å². The second kappa shape index (κ2) is 12.3. The van der Waals surface area contributed by atoms with Crippen molar-refractivity contribution in [2.24, 2.45) is 0 Å². The number of hydrogen-bond acceptors (Lipinski definition) is 4. The monoisotopic (exact) mass is 292 g/mol. The van der Waals surface area contributed by atoms with Gasteiger partial charge in [-0.3, -0.25) is 0 Å². The Morgan fingerprint density at radius 2 is 0.688 bits per heavy atom. The lowest BCUT2D eigenvalue weighted by atomic mass is 10.3. The summed E-state index contributed by atoms with van der Waals surface area (Å²) in [6, 6.07) is 0. The van der Waals surface area contributed by atoms with E-state index in [9.17, 15) is 0 Å². The van der Waals surface area contributed by atoms with E-state index in [0.29, 0.717) is 0 Å². The van der Waals surface area contributed by atoms with E-state index < -0.39 is 0 Å². The van der Waals surface area contributed by atoms with Crippen molar-refractivity contribution in [1.82, 2.24) is 0 Å². The molecular weight excluding hydrogens is 272 g/mol. The standard InChI is InChI=1S/C12H20S4/c1-2-6-10-14-16-12-8-4-3-7-11-15-13-9-5-1/h1-4H,5-12H2/b2-1+,4-3+. The Morgan fingerprint density at radius 1 is 0.438 bits per heavy atom. The van der Waals surface area contributed by atoms with Gasteiger partial charge in [-0.15, -0.1) is 0 Å². The highest BCUT2D eigenvalue weighted by molar-refractivity contribution is 8.77. The zero-order valence-electron chi connectivity index (χ0n) is 9.60. The Labute approximate surface area is 116 Å². The summed E-state index contributed by atoms with van der Waals surface area (Å²) >= 11 is 0. The van der Waals surface area contributed by atoms with Gasteiger partial charge in [0.25, 0.3) is 0 Å². The molecule has 92 valence electrons. The molecule has 0 amide bonds. The molecule has 16 heavy (non-hydrogen) atoms. The fraction of sp³-hybridized carbons (Fsp3) is 0.667. The van der Waals surface area contributed by atoms with Gasteiger partial charge in [-0.1, -0.05) is 67.5 Å². The highest BCUT2D eigenvalue weighted by Crippen LogP contribution is 2.25. The Kier molecular flexibility index (Phi) is 11.5. The van der Waals surface area contributed by atoms with Crippen molar-refractivity contribution >= 4 is 43.2 Å². The van der Waals surface area contributed by atoms with Crippen LogP contribution in [0.15, 0.2) is 24.3 Å². The topological polar surface area (TPSA) is 0 Å². The average Bonchev–Trinajstić information content (AvgIpc) is 2.29. The van der Waals surface area contributed by atoms with Crippen LogP contribution >= 0.6 is 43.2 Å². The molecule has 0 saturated carbocycles. The molecule has 4 heteroatoms. The van der Waals surface area contributed by atoms with Gasteiger partial charge in [-0.2, -0.15) is 0 Å². The second-order valence-electron chi connectivity index (χ2n) is 3.39. The van der Waals surface area contributed by atoms with E-state index in [0.717, 1.165) is 0 Å². The summed E-state index contributed by atoms with van der Waals surface area (Å²) < 4.78 is 0. The summed E-state index contributed by atoms with van der Waals surface area (Å²) in [5, 5.41) is 0. The minimum Gasteiger partial charge on any atom is -0.0938 e. The van der Waals surface area contributed by atoms with Crippen molar-refractivity contribution in [3.8, 4) is 0 Å². The predicted octanol–water partition coefficient (Wildman–Crippen LogP) is 5.44. The van der Waals surface area contributed by atoms with Gasteiger partial charge in [0, 0.05) is 23.0 Å². The van der Waals surface area contributed by atoms with Gasteiger partial charge in [0.2, 0.25) is 0 Å². The van der Waals surface area contributed by atoms with Crippen molar-refractivity contribution in [3.05, 3.63) is 24.3 Å². The SMILES string of the molecule is C1=C/CCSSCC/C=C/CCSSCC/1. The summed E-state index contributed by atoms with van der Waals surface area (Å²) in [6.07, 6.45) is 14.3. The van der Waals surface area contributed by atoms with E-state index >= 15 is 0 Å². The molecule has 0 fully saturated rings. The summed E-state index contributed by atoms with van der Waals surface area (Å²) in [5.74, 6) is 5.03. The number of hydrogen-bond donors (Lipinski definition) is 0. The largest absolute Gasteiger partial charge is 0.0938 e. The van der Waals surface area contributed by atoms with E-state index in [2.05, 4.69) is 24.3 Å². The highest BCUT2D eigenvalue weighted by Gasteiger charge is 1.91. The van der Waals surface area contributed by atoms with Crippen LogP contribution in [0.25, 0.3) is 0 Å². The van der Waals surface area contributed by atoms with Gasteiger partial charge in [-0.25, -0.2) is 0 Å². The molecule has 1 heterocycles. The average molecular weight is 293 g/mol. The Bertz CT molecular complexity index is 159. The van der Waals surface area contributed by atoms with Crippen molar-refractivity contribution in [1.29, 1.82) is 0 Å². The normalized spacial score (nSPS) is 26.0. The smallest absolute Gasteiger partial charge is 0.00715 e. The van der Waals surface area contributed by atoms with Crippen LogP contribution in [0.2, 0.25) is 0 Å². The zero-order chi connectivity index (χ0) is 11.3. The molecule has 1 rings (SSSR count). The van der Waals surface area contributed by atoms with Gasteiger partial charge < -0.3 is 0 Å². The lowest BCUT2D eigenvalue weighted by Crippen LogP contribution is -1.79. The first kappa shape index (κ1) is 14.9. The fourth-order valence-corrected chi connectivity index (χ4v) is 5.14. The van der Waals surface area contributed by atoms with Crippen LogP contribution in [-0.4, -0.2) is 23.0 Å². The first-order chi connectivity index (χ1) is 8.00. The van der Waals surface area contributed by atoms with Gasteiger partial charge >= 0.3 is 0 Å². The third-order valence-electron chi connectivity index (χ3n) is 1.97. The molecule has 0 aromatic rings. The van der Waals surface area contributed by atoms with Crippen molar-refractivity contribution in [2.45, 2.75) is 25.7 Å². The van der Waals surface area contributed by atoms with E-state index in [-0.39, 0.29) is 0 Å². The maximum Gasteiger partial charge on any atom is 0.00715 e. The molecule has 0 bridgehead atoms. The summed E-state index contributed by atoms with van der Waals surface area (Å²) in [7, 11) is 8.05. The lowest BCUT2D eigenvalue weighted by Gasteiger charge is -1.99. The third-order valence-corrected chi connectivity index (χ3v) is 6.91. The van der Waals surface area contributed by atoms with E-state index in [1.807, 2.05) is 43.2 Å². The first-order valence-corrected chi connectivity index (χ1v) is 10.8. The lowest BCUT2D eigenvalue weighted by molar-refractivity contribution is 1.17. The second-order valence-corrected chi connectivity index (χ2v) is 8.79. The van der Waals surface area contributed by atoms with Crippen LogP contribution in [0, 0.1) is 0 Å². The first-order valence-electron chi connectivity index (χ1n) is 5.79. The van der Waals surface area contributed by atoms with Crippen molar-refractivity contribution in [3.63, 3.8) is 0 Å². The van der Waals surface area contributed by atoms with Gasteiger partial charge in [-0.05, 0) is 25.7 Å². The molecule has 0 N–H and O–H groups in total. The van der Waals surface area contributed by atoms with E-state index in [1.54, 1.807) is 0 Å². The predicted molar refractivity (Wildman–Crippen MR) is 86.6 cm³/mol. The molecule has 0 spiro atoms. The molecule has 0 aliphatic carbocycles. The third kappa shape index (κ3) is 10.1.